The molecular weight excluding hydrogens is 293 g/mol. The molecule has 5 heteroatoms. The number of benzene rings is 1. The smallest absolute Gasteiger partial charge is 0.254 e. The summed E-state index contributed by atoms with van der Waals surface area (Å²) in [6.45, 7) is 3.46. The third-order valence-corrected chi connectivity index (χ3v) is 4.60. The summed E-state index contributed by atoms with van der Waals surface area (Å²) in [7, 11) is 0. The van der Waals surface area contributed by atoms with E-state index in [0.29, 0.717) is 5.56 Å². The summed E-state index contributed by atoms with van der Waals surface area (Å²) in [6, 6.07) is 4.65. The lowest BCUT2D eigenvalue weighted by Crippen LogP contribution is -2.44. The lowest BCUT2D eigenvalue weighted by Gasteiger charge is -2.36. The summed E-state index contributed by atoms with van der Waals surface area (Å²) in [5.74, 6) is -0.400. The molecule has 3 rings (SSSR count). The van der Waals surface area contributed by atoms with Crippen molar-refractivity contribution in [1.82, 2.24) is 14.5 Å². The highest BCUT2D eigenvalue weighted by Gasteiger charge is 2.28. The molecule has 2 heterocycles. The Balaban J connectivity index is 1.74. The molecule has 1 aliphatic heterocycles. The first-order valence-electron chi connectivity index (χ1n) is 8.18. The number of halogens is 1. The summed E-state index contributed by atoms with van der Waals surface area (Å²) in [5, 5.41) is 0. The van der Waals surface area contributed by atoms with E-state index < -0.39 is 0 Å². The number of likely N-dealkylation sites (tertiary alicyclic amines) is 1. The van der Waals surface area contributed by atoms with Crippen molar-refractivity contribution in [2.24, 2.45) is 0 Å². The number of aromatic nitrogens is 2. The van der Waals surface area contributed by atoms with Crippen molar-refractivity contribution in [1.29, 1.82) is 0 Å². The molecule has 1 unspecified atom stereocenters. The van der Waals surface area contributed by atoms with Gasteiger partial charge in [-0.2, -0.15) is 0 Å². The molecular formula is C18H22FN3O. The number of piperidine rings is 1. The molecule has 0 bridgehead atoms. The zero-order chi connectivity index (χ0) is 16.2. The van der Waals surface area contributed by atoms with Crippen molar-refractivity contribution in [3.8, 4) is 0 Å². The van der Waals surface area contributed by atoms with E-state index in [2.05, 4.69) is 4.98 Å². The maximum Gasteiger partial charge on any atom is 0.254 e. The van der Waals surface area contributed by atoms with Gasteiger partial charge in [0.15, 0.2) is 0 Å². The minimum absolute atomic E-state index is 0.0441. The van der Waals surface area contributed by atoms with Gasteiger partial charge in [-0.1, -0.05) is 6.07 Å². The third-order valence-electron chi connectivity index (χ3n) is 4.60. The van der Waals surface area contributed by atoms with E-state index >= 15 is 0 Å². The number of imidazole rings is 1. The van der Waals surface area contributed by atoms with E-state index in [9.17, 15) is 9.18 Å². The number of nitrogens with zero attached hydrogens (tertiary/aromatic N) is 3. The molecule has 1 aromatic carbocycles. The molecule has 0 saturated carbocycles. The predicted molar refractivity (Wildman–Crippen MR) is 86.7 cm³/mol. The van der Waals surface area contributed by atoms with Gasteiger partial charge in [0.1, 0.15) is 5.82 Å². The molecule has 1 fully saturated rings. The molecule has 1 atom stereocenters. The van der Waals surface area contributed by atoms with Crippen LogP contribution in [0.4, 0.5) is 4.39 Å². The van der Waals surface area contributed by atoms with Crippen molar-refractivity contribution < 1.29 is 9.18 Å². The van der Waals surface area contributed by atoms with Crippen molar-refractivity contribution in [3.05, 3.63) is 53.9 Å². The van der Waals surface area contributed by atoms with Crippen LogP contribution in [0.5, 0.6) is 0 Å². The zero-order valence-corrected chi connectivity index (χ0v) is 13.4. The maximum atomic E-state index is 13.5. The van der Waals surface area contributed by atoms with E-state index in [0.717, 1.165) is 44.3 Å². The average molecular weight is 315 g/mol. The second-order valence-corrected chi connectivity index (χ2v) is 6.20. The molecule has 122 valence electrons. The molecule has 0 spiro atoms. The van der Waals surface area contributed by atoms with Crippen molar-refractivity contribution in [2.45, 2.75) is 45.2 Å². The summed E-state index contributed by atoms with van der Waals surface area (Å²) < 4.78 is 15.6. The Morgan fingerprint density at radius 3 is 3.04 bits per heavy atom. The Morgan fingerprint density at radius 1 is 1.39 bits per heavy atom. The first-order chi connectivity index (χ1) is 11.1. The highest BCUT2D eigenvalue weighted by Crippen LogP contribution is 2.24. The van der Waals surface area contributed by atoms with Crippen LogP contribution in [0.15, 0.2) is 36.9 Å². The van der Waals surface area contributed by atoms with Gasteiger partial charge in [0, 0.05) is 37.1 Å². The highest BCUT2D eigenvalue weighted by atomic mass is 19.1. The first kappa shape index (κ1) is 15.7. The molecule has 0 radical (unpaired) electrons. The Morgan fingerprint density at radius 2 is 2.26 bits per heavy atom. The number of carbonyl (C=O) groups excluding carboxylic acids is 1. The van der Waals surface area contributed by atoms with Crippen LogP contribution in [-0.4, -0.2) is 32.9 Å². The van der Waals surface area contributed by atoms with E-state index in [4.69, 9.17) is 0 Å². The van der Waals surface area contributed by atoms with Crippen LogP contribution in [0.3, 0.4) is 0 Å². The molecule has 1 aliphatic rings. The van der Waals surface area contributed by atoms with Gasteiger partial charge in [-0.25, -0.2) is 9.37 Å². The van der Waals surface area contributed by atoms with E-state index in [1.807, 2.05) is 22.6 Å². The summed E-state index contributed by atoms with van der Waals surface area (Å²) in [4.78, 5) is 18.9. The van der Waals surface area contributed by atoms with Gasteiger partial charge in [-0.15, -0.1) is 0 Å². The van der Waals surface area contributed by atoms with Gasteiger partial charge in [-0.3, -0.25) is 4.79 Å². The molecule has 2 aromatic rings. The molecule has 1 amide bonds. The number of hydrogen-bond donors (Lipinski definition) is 0. The Kier molecular flexibility index (Phi) is 4.74. The summed E-state index contributed by atoms with van der Waals surface area (Å²) in [5.41, 5.74) is 1.31. The second kappa shape index (κ2) is 6.94. The van der Waals surface area contributed by atoms with Crippen LogP contribution in [0, 0.1) is 12.7 Å². The SMILES string of the molecule is Cc1ccc(F)cc1C(=O)N1CCCCC1CCn1ccnc1. The van der Waals surface area contributed by atoms with Gasteiger partial charge in [0.05, 0.1) is 6.33 Å². The van der Waals surface area contributed by atoms with E-state index in [-0.39, 0.29) is 17.8 Å². The molecule has 23 heavy (non-hydrogen) atoms. The van der Waals surface area contributed by atoms with Crippen molar-refractivity contribution in [3.63, 3.8) is 0 Å². The van der Waals surface area contributed by atoms with Crippen LogP contribution in [0.2, 0.25) is 0 Å². The van der Waals surface area contributed by atoms with Crippen molar-refractivity contribution in [2.75, 3.05) is 6.54 Å². The lowest BCUT2D eigenvalue weighted by atomic mass is 9.97. The average Bonchev–Trinajstić information content (AvgIpc) is 3.08. The standard InChI is InChI=1S/C18H22FN3O/c1-14-5-6-15(19)12-17(14)18(23)22-9-3-2-4-16(22)7-10-21-11-8-20-13-21/h5-6,8,11-13,16H,2-4,7,9-10H2,1H3. The fraction of sp³-hybridized carbons (Fsp3) is 0.444. The topological polar surface area (TPSA) is 38.1 Å². The number of rotatable bonds is 4. The zero-order valence-electron chi connectivity index (χ0n) is 13.4. The quantitative estimate of drug-likeness (QED) is 0.867. The molecule has 4 nitrogen and oxygen atoms in total. The Labute approximate surface area is 135 Å². The van der Waals surface area contributed by atoms with Crippen LogP contribution >= 0.6 is 0 Å². The van der Waals surface area contributed by atoms with Crippen molar-refractivity contribution >= 4 is 5.91 Å². The third kappa shape index (κ3) is 3.60. The Bertz CT molecular complexity index is 669. The van der Waals surface area contributed by atoms with Crippen LogP contribution in [-0.2, 0) is 6.54 Å². The van der Waals surface area contributed by atoms with Gasteiger partial charge in [0.2, 0.25) is 0 Å². The number of amides is 1. The number of carbonyl (C=O) groups is 1. The highest BCUT2D eigenvalue weighted by molar-refractivity contribution is 5.95. The summed E-state index contributed by atoms with van der Waals surface area (Å²) >= 11 is 0. The number of aryl methyl sites for hydroxylation is 2. The monoisotopic (exact) mass is 315 g/mol. The van der Waals surface area contributed by atoms with Gasteiger partial charge in [0.25, 0.3) is 5.91 Å². The molecule has 1 saturated heterocycles. The van der Waals surface area contributed by atoms with E-state index in [1.54, 1.807) is 18.6 Å². The van der Waals surface area contributed by atoms with Crippen LogP contribution < -0.4 is 0 Å². The molecule has 0 N–H and O–H groups in total. The largest absolute Gasteiger partial charge is 0.337 e. The molecule has 1 aromatic heterocycles. The number of hydrogen-bond acceptors (Lipinski definition) is 2. The maximum absolute atomic E-state index is 13.5. The minimum Gasteiger partial charge on any atom is -0.337 e. The fourth-order valence-electron chi connectivity index (χ4n) is 3.26. The molecule has 0 aliphatic carbocycles. The van der Waals surface area contributed by atoms with E-state index in [1.165, 1.54) is 12.1 Å². The van der Waals surface area contributed by atoms with Crippen LogP contribution in [0.1, 0.15) is 41.6 Å². The second-order valence-electron chi connectivity index (χ2n) is 6.20. The lowest BCUT2D eigenvalue weighted by molar-refractivity contribution is 0.0594. The van der Waals surface area contributed by atoms with Gasteiger partial charge >= 0.3 is 0 Å². The van der Waals surface area contributed by atoms with Crippen LogP contribution in [0.25, 0.3) is 0 Å². The minimum atomic E-state index is -0.356. The van der Waals surface area contributed by atoms with Gasteiger partial charge < -0.3 is 9.47 Å². The summed E-state index contributed by atoms with van der Waals surface area (Å²) in [6.07, 6.45) is 9.56. The van der Waals surface area contributed by atoms with Gasteiger partial charge in [-0.05, 0) is 50.3 Å². The predicted octanol–water partition coefficient (Wildman–Crippen LogP) is 3.42. The normalized spacial score (nSPS) is 18.2. The Hall–Kier alpha value is -2.17. The first-order valence-corrected chi connectivity index (χ1v) is 8.18. The fourth-order valence-corrected chi connectivity index (χ4v) is 3.26.